The van der Waals surface area contributed by atoms with Crippen molar-refractivity contribution in [3.8, 4) is 11.1 Å². The number of hydrogen-bond donors (Lipinski definition) is 0. The summed E-state index contributed by atoms with van der Waals surface area (Å²) in [5.74, 6) is 0.956. The van der Waals surface area contributed by atoms with E-state index < -0.39 is 0 Å². The number of fused-ring (bicyclic) bond motifs is 1. The van der Waals surface area contributed by atoms with Crippen molar-refractivity contribution in [3.05, 3.63) is 54.4 Å². The van der Waals surface area contributed by atoms with Gasteiger partial charge in [-0.1, -0.05) is 36.4 Å². The lowest BCUT2D eigenvalue weighted by atomic mass is 10.1. The van der Waals surface area contributed by atoms with E-state index >= 15 is 0 Å². The van der Waals surface area contributed by atoms with Crippen molar-refractivity contribution in [2.75, 3.05) is 0 Å². The number of rotatable bonds is 2. The lowest BCUT2D eigenvalue weighted by Gasteiger charge is -1.99. The summed E-state index contributed by atoms with van der Waals surface area (Å²) in [5.41, 5.74) is 4.58. The number of aryl methyl sites for hydroxylation is 2. The largest absolute Gasteiger partial charge is 1.00 e. The quantitative estimate of drug-likeness (QED) is 0.483. The van der Waals surface area contributed by atoms with Crippen molar-refractivity contribution in [3.63, 3.8) is 0 Å². The first kappa shape index (κ1) is 14.1. The van der Waals surface area contributed by atoms with Crippen molar-refractivity contribution >= 4 is 11.1 Å². The molecule has 0 aliphatic heterocycles. The summed E-state index contributed by atoms with van der Waals surface area (Å²) in [7, 11) is 0. The Kier molecular flexibility index (Phi) is 4.24. The molecule has 2 nitrogen and oxygen atoms in total. The zero-order valence-electron chi connectivity index (χ0n) is 11.1. The van der Waals surface area contributed by atoms with E-state index in [-0.39, 0.29) is 24.0 Å². The summed E-state index contributed by atoms with van der Waals surface area (Å²) in [6.45, 7) is 5.07. The van der Waals surface area contributed by atoms with Gasteiger partial charge in [0, 0.05) is 6.07 Å². The number of oxazole rings is 1. The highest BCUT2D eigenvalue weighted by atomic mass is 127. The molecule has 0 radical (unpaired) electrons. The number of nitrogens with zero attached hydrogens (tertiary/aromatic N) is 1. The van der Waals surface area contributed by atoms with Crippen molar-refractivity contribution in [1.82, 2.24) is 0 Å². The van der Waals surface area contributed by atoms with Gasteiger partial charge in [0.1, 0.15) is 6.54 Å². The van der Waals surface area contributed by atoms with Crippen LogP contribution >= 0.6 is 0 Å². The molecule has 0 bridgehead atoms. The molecule has 19 heavy (non-hydrogen) atoms. The van der Waals surface area contributed by atoms with E-state index in [2.05, 4.69) is 54.0 Å². The fraction of sp³-hybridized carbons (Fsp3) is 0.188. The lowest BCUT2D eigenvalue weighted by molar-refractivity contribution is -0.679. The van der Waals surface area contributed by atoms with E-state index in [1.54, 1.807) is 0 Å². The predicted octanol–water partition coefficient (Wildman–Crippen LogP) is 0.720. The van der Waals surface area contributed by atoms with E-state index in [1.165, 1.54) is 11.1 Å². The maximum Gasteiger partial charge on any atom is 0.344 e. The van der Waals surface area contributed by atoms with Crippen LogP contribution in [0, 0.1) is 6.92 Å². The molecule has 0 saturated carbocycles. The zero-order valence-corrected chi connectivity index (χ0v) is 13.2. The first-order valence-corrected chi connectivity index (χ1v) is 6.28. The minimum atomic E-state index is 0. The van der Waals surface area contributed by atoms with Crippen LogP contribution in [0.3, 0.4) is 0 Å². The third kappa shape index (κ3) is 2.52. The third-order valence-electron chi connectivity index (χ3n) is 3.31. The highest BCUT2D eigenvalue weighted by Gasteiger charge is 2.17. The molecular formula is C16H16INO. The average Bonchev–Trinajstić information content (AvgIpc) is 2.74. The molecule has 3 rings (SSSR count). The second-order valence-electron chi connectivity index (χ2n) is 4.41. The van der Waals surface area contributed by atoms with Gasteiger partial charge < -0.3 is 28.4 Å². The Bertz CT molecular complexity index is 689. The van der Waals surface area contributed by atoms with Gasteiger partial charge in [0.2, 0.25) is 5.58 Å². The minimum absolute atomic E-state index is 0. The zero-order chi connectivity index (χ0) is 12.5. The van der Waals surface area contributed by atoms with Gasteiger partial charge in [-0.05, 0) is 24.1 Å². The summed E-state index contributed by atoms with van der Waals surface area (Å²) >= 11 is 0. The van der Waals surface area contributed by atoms with Gasteiger partial charge in [-0.3, -0.25) is 0 Å². The first-order valence-electron chi connectivity index (χ1n) is 6.28. The van der Waals surface area contributed by atoms with Crippen LogP contribution in [-0.4, -0.2) is 0 Å². The Morgan fingerprint density at radius 1 is 1.00 bits per heavy atom. The Balaban J connectivity index is 0.00000133. The molecule has 3 heteroatoms. The topological polar surface area (TPSA) is 17.0 Å². The van der Waals surface area contributed by atoms with Crippen LogP contribution in [0.15, 0.2) is 52.9 Å². The molecule has 0 N–H and O–H groups in total. The molecule has 3 aromatic rings. The Morgan fingerprint density at radius 3 is 2.42 bits per heavy atom. The van der Waals surface area contributed by atoms with Crippen molar-refractivity contribution in [2.24, 2.45) is 0 Å². The van der Waals surface area contributed by atoms with Crippen LogP contribution in [0.5, 0.6) is 0 Å². The normalized spacial score (nSPS) is 10.4. The van der Waals surface area contributed by atoms with E-state index in [1.807, 2.05) is 13.0 Å². The first-order chi connectivity index (χ1) is 8.79. The van der Waals surface area contributed by atoms with Crippen molar-refractivity contribution in [1.29, 1.82) is 0 Å². The molecule has 0 spiro atoms. The number of halogens is 1. The van der Waals surface area contributed by atoms with Gasteiger partial charge in [-0.25, -0.2) is 0 Å². The molecule has 1 heterocycles. The Labute approximate surface area is 130 Å². The van der Waals surface area contributed by atoms with Gasteiger partial charge in [-0.15, -0.1) is 0 Å². The lowest BCUT2D eigenvalue weighted by Crippen LogP contribution is -3.00. The summed E-state index contributed by atoms with van der Waals surface area (Å²) < 4.78 is 7.94. The molecule has 98 valence electrons. The Hall–Kier alpha value is -1.36. The molecule has 0 aliphatic carbocycles. The summed E-state index contributed by atoms with van der Waals surface area (Å²) in [6, 6.07) is 16.8. The second-order valence-corrected chi connectivity index (χ2v) is 4.41. The van der Waals surface area contributed by atoms with E-state index in [0.29, 0.717) is 0 Å². The fourth-order valence-electron chi connectivity index (χ4n) is 2.40. The molecule has 0 atom stereocenters. The van der Waals surface area contributed by atoms with Gasteiger partial charge in [0.05, 0.1) is 6.92 Å². The summed E-state index contributed by atoms with van der Waals surface area (Å²) in [4.78, 5) is 0. The summed E-state index contributed by atoms with van der Waals surface area (Å²) in [5, 5.41) is 0. The van der Waals surface area contributed by atoms with Crippen LogP contribution in [-0.2, 0) is 6.54 Å². The molecule has 2 aromatic carbocycles. The van der Waals surface area contributed by atoms with Crippen LogP contribution in [0.25, 0.3) is 22.2 Å². The highest BCUT2D eigenvalue weighted by molar-refractivity contribution is 5.78. The maximum absolute atomic E-state index is 5.74. The molecule has 1 aromatic heterocycles. The fourth-order valence-corrected chi connectivity index (χ4v) is 2.40. The van der Waals surface area contributed by atoms with Gasteiger partial charge in [0.15, 0.2) is 0 Å². The molecule has 0 unspecified atom stereocenters. The predicted molar refractivity (Wildman–Crippen MR) is 72.3 cm³/mol. The van der Waals surface area contributed by atoms with Gasteiger partial charge >= 0.3 is 5.89 Å². The van der Waals surface area contributed by atoms with E-state index in [9.17, 15) is 0 Å². The van der Waals surface area contributed by atoms with Gasteiger partial charge in [0.25, 0.3) is 5.52 Å². The molecule has 0 fully saturated rings. The van der Waals surface area contributed by atoms with Crippen LogP contribution in [0.4, 0.5) is 0 Å². The smallest absolute Gasteiger partial charge is 0.344 e. The number of hydrogen-bond acceptors (Lipinski definition) is 1. The van der Waals surface area contributed by atoms with Crippen LogP contribution in [0.2, 0.25) is 0 Å². The maximum atomic E-state index is 5.74. The molecule has 0 amide bonds. The monoisotopic (exact) mass is 365 g/mol. The van der Waals surface area contributed by atoms with E-state index in [0.717, 1.165) is 23.5 Å². The highest BCUT2D eigenvalue weighted by Crippen LogP contribution is 2.23. The van der Waals surface area contributed by atoms with Gasteiger partial charge in [-0.2, -0.15) is 4.57 Å². The van der Waals surface area contributed by atoms with E-state index in [4.69, 9.17) is 4.42 Å². The standard InChI is InChI=1S/C16H16NO.HI/c1-3-17-12(2)18-16-10-9-14(11-15(16)17)13-7-5-4-6-8-13;/h4-11H,3H2,1-2H3;1H/q+1;/p-1. The summed E-state index contributed by atoms with van der Waals surface area (Å²) in [6.07, 6.45) is 0. The van der Waals surface area contributed by atoms with Crippen molar-refractivity contribution < 1.29 is 33.0 Å². The molecule has 0 saturated heterocycles. The van der Waals surface area contributed by atoms with Crippen LogP contribution < -0.4 is 28.5 Å². The third-order valence-corrected chi connectivity index (χ3v) is 3.31. The number of aromatic nitrogens is 1. The SMILES string of the molecule is CC[n+]1c(C)oc2ccc(-c3ccccc3)cc21.[I-]. The van der Waals surface area contributed by atoms with Crippen molar-refractivity contribution in [2.45, 2.75) is 20.4 Å². The second kappa shape index (κ2) is 5.74. The molecule has 0 aliphatic rings. The minimum Gasteiger partial charge on any atom is -1.00 e. The Morgan fingerprint density at radius 2 is 1.74 bits per heavy atom. The molecular weight excluding hydrogens is 349 g/mol. The van der Waals surface area contributed by atoms with Crippen LogP contribution in [0.1, 0.15) is 12.8 Å². The number of benzene rings is 2. The average molecular weight is 365 g/mol.